The first-order valence-electron chi connectivity index (χ1n) is 5.89. The quantitative estimate of drug-likeness (QED) is 0.791. The Kier molecular flexibility index (Phi) is 5.77. The maximum atomic E-state index is 11.7. The molecule has 1 aromatic rings. The average molecular weight is 270 g/mol. The van der Waals surface area contributed by atoms with E-state index in [2.05, 4.69) is 10.3 Å². The van der Waals surface area contributed by atoms with Crippen LogP contribution in [0.4, 0.5) is 0 Å². The zero-order chi connectivity index (χ0) is 13.5. The van der Waals surface area contributed by atoms with E-state index in [1.807, 2.05) is 19.2 Å². The van der Waals surface area contributed by atoms with Gasteiger partial charge in [-0.1, -0.05) is 0 Å². The zero-order valence-corrected chi connectivity index (χ0v) is 11.4. The fraction of sp³-hybridized carbons (Fsp3) is 0.583. The smallest absolute Gasteiger partial charge is 0.303 e. The van der Waals surface area contributed by atoms with E-state index in [0.29, 0.717) is 12.8 Å². The number of aryl methyl sites for hydroxylation is 1. The second-order valence-electron chi connectivity index (χ2n) is 4.29. The summed E-state index contributed by atoms with van der Waals surface area (Å²) >= 11 is 1.53. The number of carbonyl (C=O) groups excluding carboxylic acids is 1. The molecule has 0 spiro atoms. The third-order valence-electron chi connectivity index (χ3n) is 2.44. The molecule has 1 aromatic heterocycles. The molecule has 0 aliphatic heterocycles. The lowest BCUT2D eigenvalue weighted by Gasteiger charge is -2.12. The summed E-state index contributed by atoms with van der Waals surface area (Å²) in [6.45, 7) is 3.78. The highest BCUT2D eigenvalue weighted by molar-refractivity contribution is 7.09. The number of nitrogens with one attached hydrogen (secondary N) is 1. The molecule has 0 fully saturated rings. The molecule has 0 saturated heterocycles. The summed E-state index contributed by atoms with van der Waals surface area (Å²) in [5, 5.41) is 14.2. The van der Waals surface area contributed by atoms with E-state index >= 15 is 0 Å². The first kappa shape index (κ1) is 14.6. The van der Waals surface area contributed by atoms with Crippen molar-refractivity contribution in [1.82, 2.24) is 10.3 Å². The lowest BCUT2D eigenvalue weighted by atomic mass is 10.1. The van der Waals surface area contributed by atoms with Crippen molar-refractivity contribution >= 4 is 23.2 Å². The maximum Gasteiger partial charge on any atom is 0.303 e. The highest BCUT2D eigenvalue weighted by Gasteiger charge is 2.10. The Hall–Kier alpha value is -1.43. The first-order chi connectivity index (χ1) is 8.47. The molecule has 0 aromatic carbocycles. The van der Waals surface area contributed by atoms with E-state index in [1.165, 1.54) is 11.3 Å². The van der Waals surface area contributed by atoms with Crippen LogP contribution in [0.5, 0.6) is 0 Å². The Balaban J connectivity index is 2.25. The van der Waals surface area contributed by atoms with Gasteiger partial charge in [0.1, 0.15) is 0 Å². The Morgan fingerprint density at radius 1 is 1.56 bits per heavy atom. The third-order valence-corrected chi connectivity index (χ3v) is 3.27. The van der Waals surface area contributed by atoms with Crippen molar-refractivity contribution in [3.05, 3.63) is 16.1 Å². The molecule has 1 unspecified atom stereocenters. The summed E-state index contributed by atoms with van der Waals surface area (Å²) in [6, 6.07) is -0.00316. The molecule has 0 saturated carbocycles. The van der Waals surface area contributed by atoms with E-state index in [4.69, 9.17) is 5.11 Å². The van der Waals surface area contributed by atoms with E-state index in [9.17, 15) is 9.59 Å². The van der Waals surface area contributed by atoms with Gasteiger partial charge in [0.05, 0.1) is 17.1 Å². The molecule has 5 nitrogen and oxygen atoms in total. The molecule has 6 heteroatoms. The second kappa shape index (κ2) is 7.10. The molecule has 1 amide bonds. The fourth-order valence-corrected chi connectivity index (χ4v) is 2.22. The van der Waals surface area contributed by atoms with E-state index in [-0.39, 0.29) is 24.8 Å². The predicted octanol–water partition coefficient (Wildman–Crippen LogP) is 1.75. The number of aliphatic carboxylic acids is 1. The van der Waals surface area contributed by atoms with E-state index in [1.54, 1.807) is 0 Å². The van der Waals surface area contributed by atoms with Gasteiger partial charge in [0.25, 0.3) is 0 Å². The lowest BCUT2D eigenvalue weighted by molar-refractivity contribution is -0.137. The van der Waals surface area contributed by atoms with Crippen molar-refractivity contribution in [2.24, 2.45) is 0 Å². The van der Waals surface area contributed by atoms with Crippen molar-refractivity contribution in [2.75, 3.05) is 0 Å². The third kappa shape index (κ3) is 5.77. The molecular formula is C12H18N2O3S. The number of thiazole rings is 1. The monoisotopic (exact) mass is 270 g/mol. The summed E-state index contributed by atoms with van der Waals surface area (Å²) in [6.07, 6.45) is 1.68. The Labute approximate surface area is 110 Å². The molecular weight excluding hydrogens is 252 g/mol. The van der Waals surface area contributed by atoms with Gasteiger partial charge in [0.15, 0.2) is 0 Å². The van der Waals surface area contributed by atoms with Gasteiger partial charge in [-0.2, -0.15) is 0 Å². The number of carboxylic acids is 1. The van der Waals surface area contributed by atoms with Crippen LogP contribution in [0.2, 0.25) is 0 Å². The van der Waals surface area contributed by atoms with Gasteiger partial charge in [-0.3, -0.25) is 9.59 Å². The number of hydrogen-bond donors (Lipinski definition) is 2. The van der Waals surface area contributed by atoms with Gasteiger partial charge >= 0.3 is 5.97 Å². The van der Waals surface area contributed by atoms with Crippen LogP contribution in [0.15, 0.2) is 5.38 Å². The molecule has 2 N–H and O–H groups in total. The van der Waals surface area contributed by atoms with Crippen molar-refractivity contribution < 1.29 is 14.7 Å². The van der Waals surface area contributed by atoms with Crippen LogP contribution in [-0.2, 0) is 16.0 Å². The van der Waals surface area contributed by atoms with Crippen molar-refractivity contribution in [3.63, 3.8) is 0 Å². The summed E-state index contributed by atoms with van der Waals surface area (Å²) in [4.78, 5) is 26.2. The molecule has 1 heterocycles. The Bertz CT molecular complexity index is 417. The van der Waals surface area contributed by atoms with Gasteiger partial charge < -0.3 is 10.4 Å². The molecule has 0 aliphatic rings. The zero-order valence-electron chi connectivity index (χ0n) is 10.6. The van der Waals surface area contributed by atoms with Crippen LogP contribution in [0, 0.1) is 6.92 Å². The van der Waals surface area contributed by atoms with Gasteiger partial charge in [-0.05, 0) is 26.7 Å². The number of aromatic nitrogens is 1. The standard InChI is InChI=1S/C12H18N2O3S/c1-8(4-3-5-12(16)17)13-11(15)6-10-7-18-9(2)14-10/h7-8H,3-6H2,1-2H3,(H,13,15)(H,16,17). The molecule has 0 radical (unpaired) electrons. The average Bonchev–Trinajstić information content (AvgIpc) is 2.62. The fourth-order valence-electron chi connectivity index (χ4n) is 1.61. The molecule has 0 aliphatic carbocycles. The number of rotatable bonds is 7. The summed E-state index contributed by atoms with van der Waals surface area (Å²) in [7, 11) is 0. The number of amides is 1. The van der Waals surface area contributed by atoms with Crippen LogP contribution in [0.25, 0.3) is 0 Å². The lowest BCUT2D eigenvalue weighted by Crippen LogP contribution is -2.33. The van der Waals surface area contributed by atoms with Crippen LogP contribution in [0.3, 0.4) is 0 Å². The summed E-state index contributed by atoms with van der Waals surface area (Å²) < 4.78 is 0. The van der Waals surface area contributed by atoms with Crippen LogP contribution in [0.1, 0.15) is 36.9 Å². The largest absolute Gasteiger partial charge is 0.481 e. The highest BCUT2D eigenvalue weighted by atomic mass is 32.1. The van der Waals surface area contributed by atoms with Crippen molar-refractivity contribution in [2.45, 2.75) is 45.6 Å². The minimum absolute atomic E-state index is 0.00316. The summed E-state index contributed by atoms with van der Waals surface area (Å²) in [5.74, 6) is -0.866. The molecule has 1 atom stereocenters. The Morgan fingerprint density at radius 2 is 2.28 bits per heavy atom. The SMILES string of the molecule is Cc1nc(CC(=O)NC(C)CCCC(=O)O)cs1. The molecule has 100 valence electrons. The first-order valence-corrected chi connectivity index (χ1v) is 6.77. The maximum absolute atomic E-state index is 11.7. The molecule has 18 heavy (non-hydrogen) atoms. The van der Waals surface area contributed by atoms with E-state index in [0.717, 1.165) is 10.7 Å². The van der Waals surface area contributed by atoms with Crippen molar-refractivity contribution in [1.29, 1.82) is 0 Å². The van der Waals surface area contributed by atoms with Crippen LogP contribution >= 0.6 is 11.3 Å². The van der Waals surface area contributed by atoms with Gasteiger partial charge in [0.2, 0.25) is 5.91 Å². The number of hydrogen-bond acceptors (Lipinski definition) is 4. The molecule has 0 bridgehead atoms. The predicted molar refractivity (Wildman–Crippen MR) is 69.6 cm³/mol. The molecule has 1 rings (SSSR count). The normalized spacial score (nSPS) is 12.1. The number of carboxylic acid groups (broad SMARTS) is 1. The summed E-state index contributed by atoms with van der Waals surface area (Å²) in [5.41, 5.74) is 0.785. The van der Waals surface area contributed by atoms with Crippen LogP contribution < -0.4 is 5.32 Å². The topological polar surface area (TPSA) is 79.3 Å². The number of carbonyl (C=O) groups is 2. The second-order valence-corrected chi connectivity index (χ2v) is 5.35. The van der Waals surface area contributed by atoms with Gasteiger partial charge in [-0.25, -0.2) is 4.98 Å². The highest BCUT2D eigenvalue weighted by Crippen LogP contribution is 2.08. The van der Waals surface area contributed by atoms with Gasteiger partial charge in [0, 0.05) is 17.8 Å². The van der Waals surface area contributed by atoms with Crippen molar-refractivity contribution in [3.8, 4) is 0 Å². The Morgan fingerprint density at radius 3 is 2.83 bits per heavy atom. The number of nitrogens with zero attached hydrogens (tertiary/aromatic N) is 1. The van der Waals surface area contributed by atoms with Gasteiger partial charge in [-0.15, -0.1) is 11.3 Å². The minimum Gasteiger partial charge on any atom is -0.481 e. The van der Waals surface area contributed by atoms with Crippen LogP contribution in [-0.4, -0.2) is 28.0 Å². The van der Waals surface area contributed by atoms with E-state index < -0.39 is 5.97 Å². The minimum atomic E-state index is -0.800.